The highest BCUT2D eigenvalue weighted by molar-refractivity contribution is 5.55. The average Bonchev–Trinajstić information content (AvgIpc) is 2.91. The molecule has 0 unspecified atom stereocenters. The molecule has 1 N–H and O–H groups in total. The van der Waals surface area contributed by atoms with E-state index in [-0.39, 0.29) is 17.1 Å². The van der Waals surface area contributed by atoms with Crippen LogP contribution in [0, 0.1) is 16.0 Å². The molecule has 4 rings (SSSR count). The van der Waals surface area contributed by atoms with Crippen LogP contribution in [0.2, 0.25) is 0 Å². The van der Waals surface area contributed by atoms with Crippen LogP contribution in [0.25, 0.3) is 0 Å². The highest BCUT2D eigenvalue weighted by Crippen LogP contribution is 2.38. The van der Waals surface area contributed by atoms with Crippen molar-refractivity contribution < 1.29 is 18.1 Å². The molecule has 2 heterocycles. The molecule has 2 aromatic rings. The molecule has 0 bridgehead atoms. The van der Waals surface area contributed by atoms with E-state index in [1.54, 1.807) is 0 Å². The molecule has 218 valence electrons. The van der Waals surface area contributed by atoms with Gasteiger partial charge < -0.3 is 15.1 Å². The van der Waals surface area contributed by atoms with E-state index in [1.165, 1.54) is 30.2 Å². The lowest BCUT2D eigenvalue weighted by molar-refractivity contribution is -0.388. The smallest absolute Gasteiger partial charge is 0.382 e. The predicted octanol–water partition coefficient (Wildman–Crippen LogP) is 8.00. The van der Waals surface area contributed by atoms with Crippen molar-refractivity contribution in [2.24, 2.45) is 5.92 Å². The number of hydrogen-bond donors (Lipinski definition) is 1. The Morgan fingerprint density at radius 1 is 1.00 bits per heavy atom. The fourth-order valence-corrected chi connectivity index (χ4v) is 5.77. The van der Waals surface area contributed by atoms with Crippen LogP contribution in [-0.4, -0.2) is 42.0 Å². The number of nitro groups is 1. The van der Waals surface area contributed by atoms with Crippen LogP contribution in [0.4, 0.5) is 30.2 Å². The molecule has 40 heavy (non-hydrogen) atoms. The predicted molar refractivity (Wildman–Crippen MR) is 155 cm³/mol. The Balaban J connectivity index is 1.19. The summed E-state index contributed by atoms with van der Waals surface area (Å²) in [6.07, 6.45) is 1.19. The number of benzene rings is 2. The van der Waals surface area contributed by atoms with Crippen LogP contribution in [0.1, 0.15) is 70.4 Å². The Bertz CT molecular complexity index is 1170. The number of nitro benzene ring substituents is 1. The topological polar surface area (TPSA) is 61.6 Å². The second kappa shape index (κ2) is 12.1. The molecule has 2 fully saturated rings. The van der Waals surface area contributed by atoms with Gasteiger partial charge in [0.2, 0.25) is 0 Å². The first kappa shape index (κ1) is 29.7. The van der Waals surface area contributed by atoms with Crippen molar-refractivity contribution in [3.8, 4) is 0 Å². The van der Waals surface area contributed by atoms with Crippen molar-refractivity contribution in [2.45, 2.75) is 76.9 Å². The molecule has 9 heteroatoms. The first-order valence-electron chi connectivity index (χ1n) is 14.2. The molecule has 2 aromatic carbocycles. The summed E-state index contributed by atoms with van der Waals surface area (Å²) in [6.45, 7) is 14.8. The molecule has 2 saturated heterocycles. The number of piperidine rings is 2. The third kappa shape index (κ3) is 7.49. The number of halogens is 3. The fourth-order valence-electron chi connectivity index (χ4n) is 5.77. The maximum absolute atomic E-state index is 13.3. The van der Waals surface area contributed by atoms with Crippen LogP contribution in [-0.2, 0) is 11.6 Å². The number of hydrogen-bond acceptors (Lipinski definition) is 5. The zero-order valence-corrected chi connectivity index (χ0v) is 23.8. The molecule has 0 radical (unpaired) electrons. The van der Waals surface area contributed by atoms with Gasteiger partial charge in [-0.15, -0.1) is 0 Å². The summed E-state index contributed by atoms with van der Waals surface area (Å²) in [4.78, 5) is 14.8. The van der Waals surface area contributed by atoms with E-state index in [4.69, 9.17) is 0 Å². The summed E-state index contributed by atoms with van der Waals surface area (Å²) in [5.74, 6) is 0.686. The lowest BCUT2D eigenvalue weighted by atomic mass is 9.87. The number of likely N-dealkylation sites (tertiary alicyclic amines) is 1. The van der Waals surface area contributed by atoms with Crippen molar-refractivity contribution in [3.63, 3.8) is 0 Å². The quantitative estimate of drug-likeness (QED) is 0.263. The molecule has 2 aliphatic rings. The standard InChI is InChI=1S/C31H41F3N4O2/c1-22(5-6-23-13-17-37(18-14-23)27-10-7-24(8-11-27)30(2,3)4)36-19-15-25(16-20-36)35-26-9-12-29(38(39)40)28(21-26)31(32,33)34/h7-12,21,23,25,35H,1,5-6,13-20H2,2-4H3. The number of nitrogens with one attached hydrogen (secondary N) is 1. The van der Waals surface area contributed by atoms with E-state index in [9.17, 15) is 23.3 Å². The molecule has 0 saturated carbocycles. The van der Waals surface area contributed by atoms with Crippen molar-refractivity contribution in [1.82, 2.24) is 4.90 Å². The van der Waals surface area contributed by atoms with Crippen molar-refractivity contribution >= 4 is 17.1 Å². The maximum Gasteiger partial charge on any atom is 0.423 e. The van der Waals surface area contributed by atoms with Gasteiger partial charge in [-0.2, -0.15) is 13.2 Å². The van der Waals surface area contributed by atoms with Gasteiger partial charge in [0.15, 0.2) is 0 Å². The lowest BCUT2D eigenvalue weighted by Gasteiger charge is -2.37. The van der Waals surface area contributed by atoms with E-state index in [1.807, 2.05) is 0 Å². The van der Waals surface area contributed by atoms with Gasteiger partial charge in [0, 0.05) is 55.4 Å². The molecular formula is C31H41F3N4O2. The minimum absolute atomic E-state index is 0.00776. The van der Waals surface area contributed by atoms with Crippen molar-refractivity contribution in [3.05, 3.63) is 76.0 Å². The molecule has 0 amide bonds. The largest absolute Gasteiger partial charge is 0.423 e. The molecule has 2 aliphatic heterocycles. The SMILES string of the molecule is C=C(CCC1CCN(c2ccc(C(C)(C)C)cc2)CC1)N1CCC(Nc2ccc([N+](=O)[O-])c(C(F)(F)F)c2)CC1. The van der Waals surface area contributed by atoms with Crippen LogP contribution in [0.5, 0.6) is 0 Å². The summed E-state index contributed by atoms with van der Waals surface area (Å²) in [5.41, 5.74) is 2.05. The number of rotatable bonds is 8. The summed E-state index contributed by atoms with van der Waals surface area (Å²) in [6, 6.07) is 12.1. The molecule has 0 atom stereocenters. The lowest BCUT2D eigenvalue weighted by Crippen LogP contribution is -2.38. The molecule has 0 aromatic heterocycles. The first-order valence-corrected chi connectivity index (χ1v) is 14.2. The van der Waals surface area contributed by atoms with Crippen molar-refractivity contribution in [1.29, 1.82) is 0 Å². The number of allylic oxidation sites excluding steroid dienone is 1. The number of nitrogens with zero attached hydrogens (tertiary/aromatic N) is 3. The normalized spacial score (nSPS) is 17.6. The Hall–Kier alpha value is -3.23. The van der Waals surface area contributed by atoms with Gasteiger partial charge in [0.25, 0.3) is 5.69 Å². The van der Waals surface area contributed by atoms with Gasteiger partial charge in [0.05, 0.1) is 4.92 Å². The minimum atomic E-state index is -4.78. The third-order valence-electron chi connectivity index (χ3n) is 8.37. The Morgan fingerprint density at radius 3 is 2.17 bits per heavy atom. The monoisotopic (exact) mass is 558 g/mol. The van der Waals surface area contributed by atoms with E-state index in [2.05, 4.69) is 66.7 Å². The second-order valence-electron chi connectivity index (χ2n) is 12.2. The second-order valence-corrected chi connectivity index (χ2v) is 12.2. The van der Waals surface area contributed by atoms with Crippen LogP contribution in [0.3, 0.4) is 0 Å². The van der Waals surface area contributed by atoms with Crippen molar-refractivity contribution in [2.75, 3.05) is 36.4 Å². The number of alkyl halides is 3. The highest BCUT2D eigenvalue weighted by atomic mass is 19.4. The van der Waals surface area contributed by atoms with Gasteiger partial charge in [-0.05, 0) is 79.7 Å². The summed E-state index contributed by atoms with van der Waals surface area (Å²) >= 11 is 0. The molecule has 6 nitrogen and oxygen atoms in total. The van der Waals surface area contributed by atoms with Gasteiger partial charge >= 0.3 is 6.18 Å². The van der Waals surface area contributed by atoms with E-state index in [0.29, 0.717) is 5.92 Å². The van der Waals surface area contributed by atoms with Crippen LogP contribution >= 0.6 is 0 Å². The van der Waals surface area contributed by atoms with Crippen LogP contribution < -0.4 is 10.2 Å². The Morgan fingerprint density at radius 2 is 1.62 bits per heavy atom. The maximum atomic E-state index is 13.3. The molecular weight excluding hydrogens is 517 g/mol. The minimum Gasteiger partial charge on any atom is -0.382 e. The third-order valence-corrected chi connectivity index (χ3v) is 8.37. The van der Waals surface area contributed by atoms with E-state index in [0.717, 1.165) is 69.7 Å². The molecule has 0 spiro atoms. The fraction of sp³-hybridized carbons (Fsp3) is 0.548. The molecule has 0 aliphatic carbocycles. The Kier molecular flexibility index (Phi) is 9.00. The zero-order chi connectivity index (χ0) is 29.1. The summed E-state index contributed by atoms with van der Waals surface area (Å²) < 4.78 is 39.9. The zero-order valence-electron chi connectivity index (χ0n) is 23.8. The van der Waals surface area contributed by atoms with Gasteiger partial charge in [-0.3, -0.25) is 10.1 Å². The van der Waals surface area contributed by atoms with Gasteiger partial charge in [-0.25, -0.2) is 0 Å². The van der Waals surface area contributed by atoms with Crippen LogP contribution in [0.15, 0.2) is 54.7 Å². The summed E-state index contributed by atoms with van der Waals surface area (Å²) in [7, 11) is 0. The number of anilines is 2. The van der Waals surface area contributed by atoms with E-state index >= 15 is 0 Å². The highest BCUT2D eigenvalue weighted by Gasteiger charge is 2.38. The first-order chi connectivity index (χ1) is 18.8. The van der Waals surface area contributed by atoms with Gasteiger partial charge in [-0.1, -0.05) is 39.5 Å². The van der Waals surface area contributed by atoms with E-state index < -0.39 is 22.4 Å². The average molecular weight is 559 g/mol. The van der Waals surface area contributed by atoms with Gasteiger partial charge in [0.1, 0.15) is 5.56 Å². The summed E-state index contributed by atoms with van der Waals surface area (Å²) in [5, 5.41) is 14.2. The Labute approximate surface area is 235 Å².